The molecular formula is C18H23Br2NO2. The third-order valence-corrected chi connectivity index (χ3v) is 5.77. The molecule has 0 saturated heterocycles. The summed E-state index contributed by atoms with van der Waals surface area (Å²) in [6.45, 7) is 4.83. The van der Waals surface area contributed by atoms with Gasteiger partial charge in [-0.3, -0.25) is 14.5 Å². The number of carbonyl (C=O) groups excluding carboxylic acids is 2. The Bertz CT molecular complexity index is 558. The van der Waals surface area contributed by atoms with E-state index in [9.17, 15) is 9.59 Å². The fraction of sp³-hybridized carbons (Fsp3) is 0.556. The van der Waals surface area contributed by atoms with Crippen LogP contribution in [0, 0.1) is 5.92 Å². The number of hydrogen-bond acceptors (Lipinski definition) is 2. The molecule has 1 unspecified atom stereocenters. The van der Waals surface area contributed by atoms with E-state index in [0.29, 0.717) is 34.2 Å². The molecule has 2 rings (SSSR count). The molecule has 2 amide bonds. The molecule has 0 radical (unpaired) electrons. The summed E-state index contributed by atoms with van der Waals surface area (Å²) in [6.07, 6.45) is 4.34. The largest absolute Gasteiger partial charge is 0.274 e. The van der Waals surface area contributed by atoms with Gasteiger partial charge in [0, 0.05) is 17.2 Å². The topological polar surface area (TPSA) is 37.4 Å². The van der Waals surface area contributed by atoms with Crippen LogP contribution in [0.1, 0.15) is 71.4 Å². The zero-order valence-corrected chi connectivity index (χ0v) is 16.9. The van der Waals surface area contributed by atoms with Gasteiger partial charge in [0.15, 0.2) is 0 Å². The van der Waals surface area contributed by atoms with Crippen molar-refractivity contribution < 1.29 is 9.59 Å². The highest BCUT2D eigenvalue weighted by Gasteiger charge is 2.37. The minimum Gasteiger partial charge on any atom is -0.274 e. The van der Waals surface area contributed by atoms with Crippen molar-refractivity contribution in [3.05, 3.63) is 34.4 Å². The molecule has 0 spiro atoms. The standard InChI is InChI=1S/C18H23Br2NO2/c1-3-5-6-12(4-2)11-21-17(22)15-7-13(9-19)14(10-20)8-16(15)18(21)23/h7-8,12H,3-6,9-11H2,1-2H3. The Labute approximate surface area is 155 Å². The Morgan fingerprint density at radius 2 is 1.52 bits per heavy atom. The number of carbonyl (C=O) groups is 2. The quantitative estimate of drug-likeness (QED) is 0.403. The summed E-state index contributed by atoms with van der Waals surface area (Å²) in [7, 11) is 0. The first-order chi connectivity index (χ1) is 11.1. The van der Waals surface area contributed by atoms with Crippen molar-refractivity contribution in [1.29, 1.82) is 0 Å². The van der Waals surface area contributed by atoms with E-state index in [1.165, 1.54) is 4.90 Å². The van der Waals surface area contributed by atoms with Gasteiger partial charge >= 0.3 is 0 Å². The van der Waals surface area contributed by atoms with Crippen LogP contribution in [0.3, 0.4) is 0 Å². The van der Waals surface area contributed by atoms with E-state index >= 15 is 0 Å². The molecule has 1 aliphatic heterocycles. The molecule has 23 heavy (non-hydrogen) atoms. The number of nitrogens with zero attached hydrogens (tertiary/aromatic N) is 1. The third-order valence-electron chi connectivity index (χ3n) is 4.56. The molecule has 1 aromatic rings. The maximum Gasteiger partial charge on any atom is 0.261 e. The molecule has 0 saturated carbocycles. The lowest BCUT2D eigenvalue weighted by Crippen LogP contribution is -2.34. The van der Waals surface area contributed by atoms with Crippen LogP contribution in [0.5, 0.6) is 0 Å². The summed E-state index contributed by atoms with van der Waals surface area (Å²) in [5.41, 5.74) is 3.22. The Morgan fingerprint density at radius 1 is 1.00 bits per heavy atom. The molecule has 0 fully saturated rings. The lowest BCUT2D eigenvalue weighted by atomic mass is 9.99. The van der Waals surface area contributed by atoms with Crippen molar-refractivity contribution in [1.82, 2.24) is 4.90 Å². The number of unbranched alkanes of at least 4 members (excludes halogenated alkanes) is 1. The lowest BCUT2D eigenvalue weighted by Gasteiger charge is -2.21. The number of amides is 2. The molecule has 0 bridgehead atoms. The van der Waals surface area contributed by atoms with E-state index in [4.69, 9.17) is 0 Å². The number of hydrogen-bond donors (Lipinski definition) is 0. The van der Waals surface area contributed by atoms with Gasteiger partial charge in [0.05, 0.1) is 11.1 Å². The second kappa shape index (κ2) is 8.43. The molecule has 1 atom stereocenters. The summed E-state index contributed by atoms with van der Waals surface area (Å²) in [6, 6.07) is 3.74. The van der Waals surface area contributed by atoms with Crippen molar-refractivity contribution in [2.24, 2.45) is 5.92 Å². The van der Waals surface area contributed by atoms with E-state index in [1.807, 2.05) is 12.1 Å². The van der Waals surface area contributed by atoms with E-state index in [-0.39, 0.29) is 11.8 Å². The first-order valence-corrected chi connectivity index (χ1v) is 10.4. The highest BCUT2D eigenvalue weighted by atomic mass is 79.9. The van der Waals surface area contributed by atoms with Gasteiger partial charge < -0.3 is 0 Å². The van der Waals surface area contributed by atoms with Gasteiger partial charge in [-0.2, -0.15) is 0 Å². The number of fused-ring (bicyclic) bond motifs is 1. The summed E-state index contributed by atoms with van der Waals surface area (Å²) in [4.78, 5) is 26.8. The highest BCUT2D eigenvalue weighted by Crippen LogP contribution is 2.30. The van der Waals surface area contributed by atoms with Crippen LogP contribution in [0.2, 0.25) is 0 Å². The SMILES string of the molecule is CCCCC(CC)CN1C(=O)c2cc(CBr)c(CBr)cc2C1=O. The number of alkyl halides is 2. The molecule has 0 aromatic heterocycles. The van der Waals surface area contributed by atoms with Gasteiger partial charge in [-0.15, -0.1) is 0 Å². The number of benzene rings is 1. The van der Waals surface area contributed by atoms with Gasteiger partial charge in [0.1, 0.15) is 0 Å². The molecule has 1 aromatic carbocycles. The van der Waals surface area contributed by atoms with Crippen LogP contribution in [-0.2, 0) is 10.7 Å². The van der Waals surface area contributed by atoms with Crippen LogP contribution in [0.4, 0.5) is 0 Å². The number of imide groups is 1. The van der Waals surface area contributed by atoms with Crippen molar-refractivity contribution in [3.8, 4) is 0 Å². The molecule has 3 nitrogen and oxygen atoms in total. The van der Waals surface area contributed by atoms with Gasteiger partial charge in [-0.25, -0.2) is 0 Å². The van der Waals surface area contributed by atoms with Crippen molar-refractivity contribution >= 4 is 43.7 Å². The normalized spacial score (nSPS) is 15.2. The third kappa shape index (κ3) is 3.87. The fourth-order valence-corrected chi connectivity index (χ4v) is 4.06. The Hall–Kier alpha value is -0.680. The van der Waals surface area contributed by atoms with Crippen LogP contribution in [0.15, 0.2) is 12.1 Å². The Balaban J connectivity index is 2.26. The molecular weight excluding hydrogens is 422 g/mol. The molecule has 5 heteroatoms. The smallest absolute Gasteiger partial charge is 0.261 e. The van der Waals surface area contributed by atoms with Crippen LogP contribution >= 0.6 is 31.9 Å². The number of rotatable bonds is 8. The van der Waals surface area contributed by atoms with Crippen LogP contribution in [0.25, 0.3) is 0 Å². The van der Waals surface area contributed by atoms with Crippen molar-refractivity contribution in [3.63, 3.8) is 0 Å². The summed E-state index contributed by atoms with van der Waals surface area (Å²) in [5.74, 6) is 0.120. The number of halogens is 2. The first-order valence-electron chi connectivity index (χ1n) is 8.21. The molecule has 0 aliphatic carbocycles. The molecule has 1 aliphatic rings. The van der Waals surface area contributed by atoms with Crippen molar-refractivity contribution in [2.45, 2.75) is 50.2 Å². The first kappa shape index (κ1) is 18.7. The van der Waals surface area contributed by atoms with E-state index in [0.717, 1.165) is 36.8 Å². The van der Waals surface area contributed by atoms with Gasteiger partial charge in [-0.05, 0) is 35.6 Å². The van der Waals surface area contributed by atoms with E-state index in [1.54, 1.807) is 0 Å². The van der Waals surface area contributed by atoms with Crippen LogP contribution in [-0.4, -0.2) is 23.3 Å². The predicted octanol–water partition coefficient (Wildman–Crippen LogP) is 5.29. The van der Waals surface area contributed by atoms with Gasteiger partial charge in [0.2, 0.25) is 0 Å². The minimum atomic E-state index is -0.136. The van der Waals surface area contributed by atoms with Crippen molar-refractivity contribution in [2.75, 3.05) is 6.54 Å². The second-order valence-electron chi connectivity index (χ2n) is 6.07. The maximum atomic E-state index is 12.7. The molecule has 126 valence electrons. The van der Waals surface area contributed by atoms with Gasteiger partial charge in [0.25, 0.3) is 11.8 Å². The average molecular weight is 445 g/mol. The van der Waals surface area contributed by atoms with E-state index in [2.05, 4.69) is 45.7 Å². The van der Waals surface area contributed by atoms with E-state index < -0.39 is 0 Å². The zero-order chi connectivity index (χ0) is 17.0. The maximum absolute atomic E-state index is 12.7. The minimum absolute atomic E-state index is 0.136. The Kier molecular flexibility index (Phi) is 6.84. The summed E-state index contributed by atoms with van der Waals surface area (Å²) in [5, 5.41) is 1.35. The zero-order valence-electron chi connectivity index (χ0n) is 13.7. The summed E-state index contributed by atoms with van der Waals surface area (Å²) < 4.78 is 0. The summed E-state index contributed by atoms with van der Waals surface area (Å²) >= 11 is 6.91. The second-order valence-corrected chi connectivity index (χ2v) is 7.19. The monoisotopic (exact) mass is 443 g/mol. The highest BCUT2D eigenvalue weighted by molar-refractivity contribution is 9.09. The average Bonchev–Trinajstić information content (AvgIpc) is 2.81. The Morgan fingerprint density at radius 3 is 1.91 bits per heavy atom. The van der Waals surface area contributed by atoms with Crippen LogP contribution < -0.4 is 0 Å². The van der Waals surface area contributed by atoms with Gasteiger partial charge in [-0.1, -0.05) is 65.0 Å². The lowest BCUT2D eigenvalue weighted by molar-refractivity contribution is 0.0624. The molecule has 0 N–H and O–H groups in total. The molecule has 1 heterocycles. The predicted molar refractivity (Wildman–Crippen MR) is 100 cm³/mol. The fourth-order valence-electron chi connectivity index (χ4n) is 3.02.